The zero-order valence-corrected chi connectivity index (χ0v) is 26.3. The van der Waals surface area contributed by atoms with Gasteiger partial charge in [0.25, 0.3) is 5.69 Å². The van der Waals surface area contributed by atoms with Gasteiger partial charge >= 0.3 is 12.0 Å². The number of nitro benzene ring substituents is 1. The fourth-order valence-electron chi connectivity index (χ4n) is 3.63. The average Bonchev–Trinajstić information content (AvgIpc) is 2.82. The highest BCUT2D eigenvalue weighted by Crippen LogP contribution is 2.17. The van der Waals surface area contributed by atoms with E-state index in [0.29, 0.717) is 0 Å². The maximum atomic E-state index is 13.4. The Kier molecular flexibility index (Phi) is 13.4. The Morgan fingerprint density at radius 3 is 1.98 bits per heavy atom. The van der Waals surface area contributed by atoms with Crippen molar-refractivity contribution in [1.29, 1.82) is 0 Å². The molecular formula is C29H47N5O8. The smallest absolute Gasteiger partial charge is 0.329 e. The Bertz CT molecular complexity index is 1110. The number of rotatable bonds is 13. The van der Waals surface area contributed by atoms with Crippen LogP contribution in [0.15, 0.2) is 24.3 Å². The number of amides is 4. The van der Waals surface area contributed by atoms with Gasteiger partial charge in [0.1, 0.15) is 23.7 Å². The zero-order valence-electron chi connectivity index (χ0n) is 26.3. The van der Waals surface area contributed by atoms with Crippen LogP contribution in [0.2, 0.25) is 0 Å². The summed E-state index contributed by atoms with van der Waals surface area (Å²) < 4.78 is 11.2. The molecule has 1 aromatic carbocycles. The first-order chi connectivity index (χ1) is 19.2. The third-order valence-electron chi connectivity index (χ3n) is 5.58. The molecule has 0 saturated heterocycles. The summed E-state index contributed by atoms with van der Waals surface area (Å²) in [4.78, 5) is 62.8. The Balaban J connectivity index is 3.14. The lowest BCUT2D eigenvalue weighted by Crippen LogP contribution is -2.58. The molecule has 4 amide bonds. The fourth-order valence-corrected chi connectivity index (χ4v) is 3.63. The molecule has 0 unspecified atom stereocenters. The molecule has 3 atom stereocenters. The molecule has 0 saturated carbocycles. The summed E-state index contributed by atoms with van der Waals surface area (Å²) in [5.74, 6) is -2.14. The summed E-state index contributed by atoms with van der Waals surface area (Å²) in [5.41, 5.74) is -1.47. The number of esters is 1. The van der Waals surface area contributed by atoms with E-state index in [1.165, 1.54) is 24.3 Å². The lowest BCUT2D eigenvalue weighted by molar-refractivity contribution is -0.384. The summed E-state index contributed by atoms with van der Waals surface area (Å²) in [6, 6.07) is 1.34. The molecular weight excluding hydrogens is 546 g/mol. The van der Waals surface area contributed by atoms with E-state index in [2.05, 4.69) is 21.3 Å². The van der Waals surface area contributed by atoms with E-state index in [1.54, 1.807) is 55.4 Å². The number of nitrogens with one attached hydrogen (secondary N) is 4. The highest BCUT2D eigenvalue weighted by molar-refractivity contribution is 5.96. The highest BCUT2D eigenvalue weighted by Gasteiger charge is 2.34. The molecule has 4 N–H and O–H groups in total. The third kappa shape index (κ3) is 13.7. The molecule has 0 bridgehead atoms. The van der Waals surface area contributed by atoms with Crippen molar-refractivity contribution in [3.63, 3.8) is 0 Å². The van der Waals surface area contributed by atoms with Crippen LogP contribution >= 0.6 is 0 Å². The van der Waals surface area contributed by atoms with E-state index in [0.717, 1.165) is 0 Å². The number of benzene rings is 1. The van der Waals surface area contributed by atoms with Crippen LogP contribution in [0.4, 0.5) is 16.2 Å². The van der Waals surface area contributed by atoms with E-state index >= 15 is 0 Å². The number of hydrogen-bond donors (Lipinski definition) is 4. The van der Waals surface area contributed by atoms with Crippen LogP contribution in [0, 0.1) is 22.0 Å². The second-order valence-electron chi connectivity index (χ2n) is 12.8. The summed E-state index contributed by atoms with van der Waals surface area (Å²) in [5, 5.41) is 21.5. The Hall–Kier alpha value is -3.74. The first-order valence-corrected chi connectivity index (χ1v) is 14.0. The maximum absolute atomic E-state index is 13.4. The summed E-state index contributed by atoms with van der Waals surface area (Å²) >= 11 is 0. The van der Waals surface area contributed by atoms with Gasteiger partial charge in [-0.15, -0.1) is 0 Å². The van der Waals surface area contributed by atoms with Gasteiger partial charge in [-0.05, 0) is 65.9 Å². The minimum Gasteiger partial charge on any atom is -0.458 e. The van der Waals surface area contributed by atoms with Crippen LogP contribution < -0.4 is 21.3 Å². The molecule has 0 fully saturated rings. The van der Waals surface area contributed by atoms with Crippen molar-refractivity contribution in [2.24, 2.45) is 11.8 Å². The lowest BCUT2D eigenvalue weighted by Gasteiger charge is -2.29. The molecule has 0 aliphatic heterocycles. The number of carbonyl (C=O) groups is 4. The van der Waals surface area contributed by atoms with Gasteiger partial charge in [0.2, 0.25) is 11.8 Å². The minimum absolute atomic E-state index is 0.00511. The molecule has 0 spiro atoms. The lowest BCUT2D eigenvalue weighted by atomic mass is 10.00. The van der Waals surface area contributed by atoms with Crippen molar-refractivity contribution >= 4 is 35.2 Å². The van der Waals surface area contributed by atoms with Crippen LogP contribution in [-0.4, -0.2) is 64.7 Å². The van der Waals surface area contributed by atoms with Gasteiger partial charge in [0.05, 0.1) is 17.1 Å². The van der Waals surface area contributed by atoms with Crippen molar-refractivity contribution in [1.82, 2.24) is 16.0 Å². The number of carbonyl (C=O) groups excluding carboxylic acids is 4. The van der Waals surface area contributed by atoms with Crippen LogP contribution in [0.3, 0.4) is 0 Å². The summed E-state index contributed by atoms with van der Waals surface area (Å²) in [6.45, 7) is 17.6. The SMILES string of the molecule is CC(C)C[C@H](NC(=O)[C@H](COC(C)(C)C)NC(=O)Nc1cccc([N+](=O)[O-])c1)C(=O)N[C@H](C(=O)OC(C)(C)C)C(C)C. The van der Waals surface area contributed by atoms with E-state index in [1.807, 2.05) is 13.8 Å². The molecule has 1 rings (SSSR count). The Morgan fingerprint density at radius 1 is 0.881 bits per heavy atom. The second kappa shape index (κ2) is 15.5. The third-order valence-corrected chi connectivity index (χ3v) is 5.58. The Morgan fingerprint density at radius 2 is 1.48 bits per heavy atom. The van der Waals surface area contributed by atoms with E-state index in [4.69, 9.17) is 9.47 Å². The fraction of sp³-hybridized carbons (Fsp3) is 0.655. The number of hydrogen-bond acceptors (Lipinski definition) is 8. The highest BCUT2D eigenvalue weighted by atomic mass is 16.6. The van der Waals surface area contributed by atoms with Gasteiger partial charge in [0, 0.05) is 17.8 Å². The van der Waals surface area contributed by atoms with Gasteiger partial charge in [-0.1, -0.05) is 33.8 Å². The Labute approximate surface area is 248 Å². The molecule has 0 aromatic heterocycles. The van der Waals surface area contributed by atoms with Crippen molar-refractivity contribution < 1.29 is 33.6 Å². The quantitative estimate of drug-likeness (QED) is 0.151. The molecule has 42 heavy (non-hydrogen) atoms. The van der Waals surface area contributed by atoms with Crippen LogP contribution in [-0.2, 0) is 23.9 Å². The number of nitro groups is 1. The number of anilines is 1. The largest absolute Gasteiger partial charge is 0.458 e. The number of ether oxygens (including phenoxy) is 2. The molecule has 0 radical (unpaired) electrons. The maximum Gasteiger partial charge on any atom is 0.329 e. The van der Waals surface area contributed by atoms with E-state index in [-0.39, 0.29) is 36.2 Å². The first-order valence-electron chi connectivity index (χ1n) is 14.0. The van der Waals surface area contributed by atoms with E-state index < -0.39 is 58.1 Å². The molecule has 0 aliphatic rings. The van der Waals surface area contributed by atoms with E-state index in [9.17, 15) is 29.3 Å². The molecule has 13 nitrogen and oxygen atoms in total. The molecule has 0 heterocycles. The average molecular weight is 594 g/mol. The minimum atomic E-state index is -1.22. The standard InChI is InChI=1S/C29H47N5O8/c1-17(2)14-21(24(35)33-23(18(3)4)26(37)42-29(8,9)10)31-25(36)22(16-41-28(5,6)7)32-27(38)30-19-12-11-13-20(15-19)34(39)40/h11-13,15,17-18,21-23H,14,16H2,1-10H3,(H,31,36)(H,33,35)(H2,30,32,38)/t21-,22-,23-/m0/s1. The van der Waals surface area contributed by atoms with Crippen molar-refractivity contribution in [3.8, 4) is 0 Å². The van der Waals surface area contributed by atoms with Crippen LogP contribution in [0.5, 0.6) is 0 Å². The summed E-state index contributed by atoms with van der Waals surface area (Å²) in [7, 11) is 0. The van der Waals surface area contributed by atoms with Gasteiger partial charge in [-0.25, -0.2) is 9.59 Å². The van der Waals surface area contributed by atoms with Gasteiger partial charge in [-0.3, -0.25) is 19.7 Å². The summed E-state index contributed by atoms with van der Waals surface area (Å²) in [6.07, 6.45) is 0.253. The first kappa shape index (κ1) is 36.3. The number of non-ortho nitro benzene ring substituents is 1. The topological polar surface area (TPSA) is 178 Å². The normalized spacial score (nSPS) is 14.0. The molecule has 236 valence electrons. The van der Waals surface area contributed by atoms with Crippen molar-refractivity contribution in [2.45, 2.75) is 105 Å². The van der Waals surface area contributed by atoms with Crippen molar-refractivity contribution in [3.05, 3.63) is 34.4 Å². The number of nitrogens with zero attached hydrogens (tertiary/aromatic N) is 1. The van der Waals surface area contributed by atoms with Crippen LogP contribution in [0.1, 0.15) is 75.7 Å². The second-order valence-corrected chi connectivity index (χ2v) is 12.8. The predicted molar refractivity (Wildman–Crippen MR) is 159 cm³/mol. The van der Waals surface area contributed by atoms with Gasteiger partial charge in [-0.2, -0.15) is 0 Å². The molecule has 0 aliphatic carbocycles. The predicted octanol–water partition coefficient (Wildman–Crippen LogP) is 3.91. The van der Waals surface area contributed by atoms with Crippen molar-refractivity contribution in [2.75, 3.05) is 11.9 Å². The number of urea groups is 1. The monoisotopic (exact) mass is 593 g/mol. The van der Waals surface area contributed by atoms with Gasteiger partial charge < -0.3 is 30.7 Å². The zero-order chi connectivity index (χ0) is 32.4. The van der Waals surface area contributed by atoms with Crippen LogP contribution in [0.25, 0.3) is 0 Å². The molecule has 13 heteroatoms. The molecule has 1 aromatic rings. The van der Waals surface area contributed by atoms with Gasteiger partial charge in [0.15, 0.2) is 0 Å².